The monoisotopic (exact) mass is 427 g/mol. The van der Waals surface area contributed by atoms with Crippen molar-refractivity contribution in [3.63, 3.8) is 0 Å². The summed E-state index contributed by atoms with van der Waals surface area (Å²) in [5.41, 5.74) is 2.06. The normalized spacial score (nSPS) is 12.8. The lowest BCUT2D eigenvalue weighted by atomic mass is 9.78. The minimum absolute atomic E-state index is 0.0454. The maximum atomic E-state index is 14.2. The van der Waals surface area contributed by atoms with Gasteiger partial charge >= 0.3 is 0 Å². The van der Waals surface area contributed by atoms with E-state index in [1.807, 2.05) is 6.92 Å². The highest BCUT2D eigenvalue weighted by Crippen LogP contribution is 2.32. The lowest BCUT2D eigenvalue weighted by Gasteiger charge is -2.24. The summed E-state index contributed by atoms with van der Waals surface area (Å²) in [6.07, 6.45) is 7.86. The quantitative estimate of drug-likeness (QED) is 0.387. The highest BCUT2D eigenvalue weighted by atomic mass is 35.5. The summed E-state index contributed by atoms with van der Waals surface area (Å²) in [5, 5.41) is 3.02. The smallest absolute Gasteiger partial charge is 0.146 e. The van der Waals surface area contributed by atoms with Gasteiger partial charge in [0.2, 0.25) is 0 Å². The summed E-state index contributed by atoms with van der Waals surface area (Å²) in [5.74, 6) is 1.58. The molecule has 0 bridgehead atoms. The van der Waals surface area contributed by atoms with Gasteiger partial charge in [-0.1, -0.05) is 29.7 Å². The van der Waals surface area contributed by atoms with Crippen LogP contribution < -0.4 is 5.32 Å². The molecular weight excluding hydrogens is 407 g/mol. The molecule has 30 heavy (non-hydrogen) atoms. The Bertz CT molecular complexity index is 1070. The second-order valence-electron chi connectivity index (χ2n) is 7.40. The molecule has 0 aromatic heterocycles. The summed E-state index contributed by atoms with van der Waals surface area (Å²) in [7, 11) is 0. The van der Waals surface area contributed by atoms with E-state index >= 15 is 0 Å². The van der Waals surface area contributed by atoms with Crippen LogP contribution in [0.25, 0.3) is 0 Å². The predicted octanol–water partition coefficient (Wildman–Crippen LogP) is 7.41. The third-order valence-electron chi connectivity index (χ3n) is 5.17. The third kappa shape index (κ3) is 5.17. The molecule has 1 unspecified atom stereocenters. The summed E-state index contributed by atoms with van der Waals surface area (Å²) in [4.78, 5) is 0. The molecule has 0 heterocycles. The highest BCUT2D eigenvalue weighted by molar-refractivity contribution is 6.30. The van der Waals surface area contributed by atoms with E-state index in [-0.39, 0.29) is 10.8 Å². The van der Waals surface area contributed by atoms with E-state index in [4.69, 9.17) is 18.0 Å². The number of terminal acetylenes is 1. The lowest BCUT2D eigenvalue weighted by Crippen LogP contribution is -2.20. The van der Waals surface area contributed by atoms with Gasteiger partial charge in [-0.3, -0.25) is 0 Å². The van der Waals surface area contributed by atoms with Crippen molar-refractivity contribution in [2.45, 2.75) is 31.6 Å². The summed E-state index contributed by atoms with van der Waals surface area (Å²) < 4.78 is 40.7. The average Bonchev–Trinajstić information content (AvgIpc) is 2.73. The van der Waals surface area contributed by atoms with Crippen LogP contribution in [0.1, 0.15) is 30.9 Å². The molecule has 154 valence electrons. The van der Waals surface area contributed by atoms with Crippen molar-refractivity contribution in [3.05, 3.63) is 94.3 Å². The van der Waals surface area contributed by atoms with Gasteiger partial charge in [0.1, 0.15) is 17.5 Å². The Morgan fingerprint density at radius 3 is 2.33 bits per heavy atom. The van der Waals surface area contributed by atoms with Crippen molar-refractivity contribution in [1.29, 1.82) is 0 Å². The zero-order valence-corrected chi connectivity index (χ0v) is 17.2. The van der Waals surface area contributed by atoms with Crippen molar-refractivity contribution >= 4 is 23.0 Å². The Kier molecular flexibility index (Phi) is 6.74. The Morgan fingerprint density at radius 2 is 1.67 bits per heavy atom. The first-order valence-corrected chi connectivity index (χ1v) is 9.93. The lowest BCUT2D eigenvalue weighted by molar-refractivity contribution is 0.531. The van der Waals surface area contributed by atoms with Gasteiger partial charge < -0.3 is 5.32 Å². The van der Waals surface area contributed by atoms with Crippen LogP contribution in [0.3, 0.4) is 0 Å². The first kappa shape index (κ1) is 21.8. The number of nitrogens with one attached hydrogen (secondary N) is 1. The molecule has 0 aliphatic heterocycles. The largest absolute Gasteiger partial charge is 0.353 e. The number of anilines is 2. The van der Waals surface area contributed by atoms with Crippen molar-refractivity contribution in [3.8, 4) is 12.3 Å². The van der Waals surface area contributed by atoms with E-state index in [0.29, 0.717) is 24.2 Å². The maximum absolute atomic E-state index is 14.2. The van der Waals surface area contributed by atoms with E-state index in [1.54, 1.807) is 36.4 Å². The van der Waals surface area contributed by atoms with Crippen LogP contribution in [0.4, 0.5) is 24.5 Å². The number of benzene rings is 3. The molecule has 3 aromatic rings. The molecule has 0 amide bonds. The summed E-state index contributed by atoms with van der Waals surface area (Å²) in [6.45, 7) is 1.92. The number of hydrogen-bond acceptors (Lipinski definition) is 1. The second kappa shape index (κ2) is 9.28. The van der Waals surface area contributed by atoms with Crippen molar-refractivity contribution in [2.24, 2.45) is 0 Å². The van der Waals surface area contributed by atoms with E-state index in [2.05, 4.69) is 11.2 Å². The van der Waals surface area contributed by atoms with Gasteiger partial charge in [0.05, 0.1) is 16.1 Å². The highest BCUT2D eigenvalue weighted by Gasteiger charge is 2.24. The number of halogens is 4. The fraction of sp³-hybridized carbons (Fsp3) is 0.200. The fourth-order valence-electron chi connectivity index (χ4n) is 3.30. The molecule has 0 spiro atoms. The zero-order chi connectivity index (χ0) is 21.7. The van der Waals surface area contributed by atoms with E-state index in [0.717, 1.165) is 17.5 Å². The van der Waals surface area contributed by atoms with Gasteiger partial charge in [-0.25, -0.2) is 13.2 Å². The van der Waals surface area contributed by atoms with Crippen LogP contribution in [0.15, 0.2) is 60.7 Å². The van der Waals surface area contributed by atoms with E-state index in [9.17, 15) is 13.2 Å². The molecule has 1 atom stereocenters. The zero-order valence-electron chi connectivity index (χ0n) is 16.5. The second-order valence-corrected chi connectivity index (χ2v) is 7.81. The van der Waals surface area contributed by atoms with Crippen LogP contribution in [0, 0.1) is 29.8 Å². The molecule has 0 fully saturated rings. The SMILES string of the molecule is C#CC(C)(CCCc1ccc(F)c(Nc2ccc(F)cc2)c1)c1ccc(F)c(Cl)c1. The van der Waals surface area contributed by atoms with Crippen molar-refractivity contribution in [1.82, 2.24) is 0 Å². The van der Waals surface area contributed by atoms with Gasteiger partial charge in [-0.05, 0) is 85.8 Å². The standard InChI is InChI=1S/C25H21ClF3N/c1-3-25(2,18-7-13-22(28)21(26)16-18)14-4-5-17-6-12-23(29)24(15-17)30-20-10-8-19(27)9-11-20/h1,6-13,15-16,30H,4-5,14H2,2H3. The van der Waals surface area contributed by atoms with Crippen LogP contribution >= 0.6 is 11.6 Å². The molecule has 0 aliphatic rings. The molecule has 3 aromatic carbocycles. The molecule has 1 nitrogen and oxygen atoms in total. The maximum Gasteiger partial charge on any atom is 0.146 e. The van der Waals surface area contributed by atoms with Gasteiger partial charge in [-0.2, -0.15) is 0 Å². The minimum Gasteiger partial charge on any atom is -0.353 e. The first-order chi connectivity index (χ1) is 14.3. The Hall–Kier alpha value is -2.90. The van der Waals surface area contributed by atoms with Gasteiger partial charge in [-0.15, -0.1) is 6.42 Å². The van der Waals surface area contributed by atoms with Crippen molar-refractivity contribution in [2.75, 3.05) is 5.32 Å². The molecule has 5 heteroatoms. The average molecular weight is 428 g/mol. The fourth-order valence-corrected chi connectivity index (χ4v) is 3.48. The van der Waals surface area contributed by atoms with E-state index < -0.39 is 17.0 Å². The Balaban J connectivity index is 1.68. The van der Waals surface area contributed by atoms with Crippen LogP contribution in [0.2, 0.25) is 5.02 Å². The molecule has 0 saturated heterocycles. The van der Waals surface area contributed by atoms with Gasteiger partial charge in [0, 0.05) is 5.69 Å². The topological polar surface area (TPSA) is 12.0 Å². The van der Waals surface area contributed by atoms with Crippen LogP contribution in [-0.4, -0.2) is 0 Å². The Morgan fingerprint density at radius 1 is 0.967 bits per heavy atom. The molecular formula is C25H21ClF3N. The van der Waals surface area contributed by atoms with Crippen LogP contribution in [0.5, 0.6) is 0 Å². The van der Waals surface area contributed by atoms with Gasteiger partial charge in [0.15, 0.2) is 0 Å². The molecule has 0 aliphatic carbocycles. The molecule has 1 N–H and O–H groups in total. The molecule has 0 saturated carbocycles. The van der Waals surface area contributed by atoms with Crippen molar-refractivity contribution < 1.29 is 13.2 Å². The van der Waals surface area contributed by atoms with Crippen LogP contribution in [-0.2, 0) is 11.8 Å². The number of aryl methyl sites for hydroxylation is 1. The Labute approximate surface area is 179 Å². The number of hydrogen-bond donors (Lipinski definition) is 1. The third-order valence-corrected chi connectivity index (χ3v) is 5.46. The number of rotatable bonds is 7. The molecule has 3 rings (SSSR count). The van der Waals surface area contributed by atoms with Gasteiger partial charge in [0.25, 0.3) is 0 Å². The predicted molar refractivity (Wildman–Crippen MR) is 117 cm³/mol. The summed E-state index contributed by atoms with van der Waals surface area (Å²) >= 11 is 5.91. The molecule has 0 radical (unpaired) electrons. The minimum atomic E-state index is -0.591. The first-order valence-electron chi connectivity index (χ1n) is 9.55. The van der Waals surface area contributed by atoms with E-state index in [1.165, 1.54) is 24.3 Å². The summed E-state index contributed by atoms with van der Waals surface area (Å²) in [6, 6.07) is 15.1.